The average Bonchev–Trinajstić information content (AvgIpc) is 3.52. The van der Waals surface area contributed by atoms with E-state index in [1.54, 1.807) is 24.4 Å². The number of anilines is 1. The van der Waals surface area contributed by atoms with E-state index in [4.69, 9.17) is 9.72 Å². The maximum Gasteiger partial charge on any atom is 0.394 e. The summed E-state index contributed by atoms with van der Waals surface area (Å²) in [4.78, 5) is 20.4. The highest BCUT2D eigenvalue weighted by Gasteiger charge is 2.62. The molecule has 1 saturated carbocycles. The number of nitrogens with zero attached hydrogens (tertiary/aromatic N) is 4. The van der Waals surface area contributed by atoms with Gasteiger partial charge in [0.15, 0.2) is 5.82 Å². The fourth-order valence-corrected chi connectivity index (χ4v) is 6.92. The predicted octanol–water partition coefficient (Wildman–Crippen LogP) is 6.15. The van der Waals surface area contributed by atoms with Gasteiger partial charge in [-0.3, -0.25) is 4.79 Å². The third-order valence-electron chi connectivity index (χ3n) is 9.21. The van der Waals surface area contributed by atoms with Gasteiger partial charge in [-0.15, -0.1) is 5.10 Å². The zero-order chi connectivity index (χ0) is 32.1. The van der Waals surface area contributed by atoms with Crippen molar-refractivity contribution in [1.29, 1.82) is 0 Å². The largest absolute Gasteiger partial charge is 0.477 e. The minimum Gasteiger partial charge on any atom is -0.477 e. The Morgan fingerprint density at radius 1 is 1.07 bits per heavy atom. The molecule has 2 fully saturated rings. The third kappa shape index (κ3) is 6.15. The van der Waals surface area contributed by atoms with Gasteiger partial charge < -0.3 is 9.64 Å². The van der Waals surface area contributed by atoms with Crippen LogP contribution in [0.1, 0.15) is 70.7 Å². The molecule has 2 aromatic heterocycles. The fraction of sp³-hybridized carbons (Fsp3) is 0.516. The second-order valence-electron chi connectivity index (χ2n) is 13.1. The average molecular weight is 634 g/mol. The summed E-state index contributed by atoms with van der Waals surface area (Å²) in [5.41, 5.74) is -2.11. The van der Waals surface area contributed by atoms with Crippen molar-refractivity contribution in [2.45, 2.75) is 76.9 Å². The van der Waals surface area contributed by atoms with E-state index in [1.807, 2.05) is 4.90 Å². The Morgan fingerprint density at radius 2 is 1.75 bits per heavy atom. The molecule has 1 N–H and O–H groups in total. The smallest absolute Gasteiger partial charge is 0.394 e. The summed E-state index contributed by atoms with van der Waals surface area (Å²) >= 11 is 0. The molecule has 1 aromatic carbocycles. The molecule has 1 aliphatic heterocycles. The number of hydrogen-bond acceptors (Lipinski definition) is 7. The van der Waals surface area contributed by atoms with Gasteiger partial charge in [0.2, 0.25) is 5.88 Å². The van der Waals surface area contributed by atoms with Crippen LogP contribution in [0.3, 0.4) is 0 Å². The molecular weight excluding hydrogens is 595 g/mol. The number of halogens is 3. The normalized spacial score (nSPS) is 21.0. The Morgan fingerprint density at radius 3 is 2.34 bits per heavy atom. The zero-order valence-electron chi connectivity index (χ0n) is 25.5. The van der Waals surface area contributed by atoms with E-state index in [9.17, 15) is 26.4 Å². The lowest BCUT2D eigenvalue weighted by Gasteiger charge is -2.34. The second-order valence-corrected chi connectivity index (χ2v) is 14.8. The lowest BCUT2D eigenvalue weighted by molar-refractivity contribution is -0.190. The van der Waals surface area contributed by atoms with Crippen LogP contribution in [0.4, 0.5) is 19.0 Å². The van der Waals surface area contributed by atoms with E-state index in [0.717, 1.165) is 6.42 Å². The molecular formula is C31H38F3N5O4S. The van der Waals surface area contributed by atoms with Gasteiger partial charge in [-0.2, -0.15) is 13.2 Å². The third-order valence-corrected chi connectivity index (χ3v) is 10.6. The molecule has 0 spiro atoms. The Balaban J connectivity index is 1.45. The summed E-state index contributed by atoms with van der Waals surface area (Å²) in [5.74, 6) is 0.288. The van der Waals surface area contributed by atoms with Gasteiger partial charge in [-0.1, -0.05) is 39.0 Å². The Hall–Kier alpha value is -3.61. The number of carbonyl (C=O) groups is 1. The highest BCUT2D eigenvalue weighted by atomic mass is 32.2. The van der Waals surface area contributed by atoms with Gasteiger partial charge in [0.05, 0.1) is 22.5 Å². The fourth-order valence-electron chi connectivity index (χ4n) is 5.94. The monoisotopic (exact) mass is 633 g/mol. The SMILES string of the molecule is CC(C)C1(C)CN(c2nc(-n3ccc(OCCC4(C(F)(F)F)CC4)n3)ccc2C(=O)NS(=O)(=O)c2ccccc2)C(C)(C)C1. The van der Waals surface area contributed by atoms with E-state index >= 15 is 0 Å². The molecule has 0 bridgehead atoms. The molecule has 0 radical (unpaired) electrons. The van der Waals surface area contributed by atoms with Crippen LogP contribution >= 0.6 is 0 Å². The highest BCUT2D eigenvalue weighted by molar-refractivity contribution is 7.90. The summed E-state index contributed by atoms with van der Waals surface area (Å²) in [5, 5.41) is 4.35. The lowest BCUT2D eigenvalue weighted by atomic mass is 9.75. The van der Waals surface area contributed by atoms with E-state index in [2.05, 4.69) is 44.4 Å². The van der Waals surface area contributed by atoms with Crippen LogP contribution in [0, 0.1) is 16.7 Å². The molecule has 1 aliphatic carbocycles. The maximum atomic E-state index is 13.6. The van der Waals surface area contributed by atoms with E-state index in [1.165, 1.54) is 35.0 Å². The second kappa shape index (κ2) is 11.1. The lowest BCUT2D eigenvalue weighted by Crippen LogP contribution is -2.41. The van der Waals surface area contributed by atoms with Crippen molar-refractivity contribution in [3.8, 4) is 11.7 Å². The predicted molar refractivity (Wildman–Crippen MR) is 159 cm³/mol. The number of benzene rings is 1. The number of aromatic nitrogens is 3. The minimum atomic E-state index is -4.25. The number of rotatable bonds is 10. The van der Waals surface area contributed by atoms with Crippen molar-refractivity contribution in [1.82, 2.24) is 19.5 Å². The van der Waals surface area contributed by atoms with Gasteiger partial charge in [-0.25, -0.2) is 22.8 Å². The van der Waals surface area contributed by atoms with Gasteiger partial charge in [-0.05, 0) is 75.1 Å². The molecule has 3 heterocycles. The Labute approximate surface area is 255 Å². The zero-order valence-corrected chi connectivity index (χ0v) is 26.3. The van der Waals surface area contributed by atoms with Gasteiger partial charge in [0.1, 0.15) is 5.82 Å². The molecule has 3 aromatic rings. The summed E-state index contributed by atoms with van der Waals surface area (Å²) < 4.78 is 75.0. The first kappa shape index (κ1) is 31.8. The van der Waals surface area contributed by atoms with E-state index in [0.29, 0.717) is 24.1 Å². The first-order valence-electron chi connectivity index (χ1n) is 14.6. The number of pyridine rings is 1. The van der Waals surface area contributed by atoms with Gasteiger partial charge in [0.25, 0.3) is 15.9 Å². The molecule has 1 unspecified atom stereocenters. The number of sulfonamides is 1. The van der Waals surface area contributed by atoms with E-state index in [-0.39, 0.29) is 47.6 Å². The highest BCUT2D eigenvalue weighted by Crippen LogP contribution is 2.59. The molecule has 44 heavy (non-hydrogen) atoms. The molecule has 238 valence electrons. The quantitative estimate of drug-likeness (QED) is 0.286. The topological polar surface area (TPSA) is 106 Å². The van der Waals surface area contributed by atoms with Crippen molar-refractivity contribution in [2.75, 3.05) is 18.1 Å². The van der Waals surface area contributed by atoms with Crippen LogP contribution < -0.4 is 14.4 Å². The van der Waals surface area contributed by atoms with Crippen LogP contribution in [0.2, 0.25) is 0 Å². The van der Waals surface area contributed by atoms with Crippen LogP contribution in [0.15, 0.2) is 59.6 Å². The number of carbonyl (C=O) groups excluding carboxylic acids is 1. The molecule has 1 amide bonds. The number of hydrogen-bond donors (Lipinski definition) is 1. The maximum absolute atomic E-state index is 13.6. The minimum absolute atomic E-state index is 0.0414. The molecule has 1 atom stereocenters. The number of ether oxygens (including phenoxy) is 1. The van der Waals surface area contributed by atoms with Crippen molar-refractivity contribution in [3.05, 3.63) is 60.3 Å². The van der Waals surface area contributed by atoms with Crippen LogP contribution in [0.5, 0.6) is 5.88 Å². The molecule has 1 saturated heterocycles. The van der Waals surface area contributed by atoms with Crippen molar-refractivity contribution >= 4 is 21.7 Å². The van der Waals surface area contributed by atoms with E-state index < -0.39 is 33.1 Å². The van der Waals surface area contributed by atoms with Crippen LogP contribution in [-0.4, -0.2) is 54.0 Å². The van der Waals surface area contributed by atoms with Crippen molar-refractivity contribution < 1.29 is 31.1 Å². The molecule has 2 aliphatic rings. The first-order chi connectivity index (χ1) is 20.5. The molecule has 13 heteroatoms. The Kier molecular flexibility index (Phi) is 8.01. The van der Waals surface area contributed by atoms with Gasteiger partial charge >= 0.3 is 6.18 Å². The summed E-state index contributed by atoms with van der Waals surface area (Å²) in [6.07, 6.45) is -1.79. The molecule has 9 nitrogen and oxygen atoms in total. The molecule has 5 rings (SSSR count). The summed E-state index contributed by atoms with van der Waals surface area (Å²) in [6.45, 7) is 11.1. The first-order valence-corrected chi connectivity index (χ1v) is 16.1. The number of amides is 1. The van der Waals surface area contributed by atoms with Crippen LogP contribution in [0.25, 0.3) is 5.82 Å². The summed E-state index contributed by atoms with van der Waals surface area (Å²) in [6, 6.07) is 12.2. The summed E-state index contributed by atoms with van der Waals surface area (Å²) in [7, 11) is -4.15. The Bertz CT molecular complexity index is 1640. The number of nitrogens with one attached hydrogen (secondary N) is 1. The van der Waals surface area contributed by atoms with Gasteiger partial charge in [0, 0.05) is 24.3 Å². The standard InChI is InChI=1S/C31H38F3N5O4S/c1-21(2)29(5)19-28(3,4)38(20-29)26-23(27(40)37-44(41,42)22-9-7-6-8-10-22)11-12-24(35-26)39-17-13-25(36-39)43-18-16-30(14-15-30)31(32,33)34/h6-13,17,21H,14-16,18-20H2,1-5H3,(H,37,40). The number of alkyl halides is 3. The van der Waals surface area contributed by atoms with Crippen molar-refractivity contribution in [3.63, 3.8) is 0 Å². The van der Waals surface area contributed by atoms with Crippen molar-refractivity contribution in [2.24, 2.45) is 16.7 Å². The van der Waals surface area contributed by atoms with Crippen LogP contribution in [-0.2, 0) is 10.0 Å².